The van der Waals surface area contributed by atoms with Crippen molar-refractivity contribution in [2.24, 2.45) is 0 Å². The number of ether oxygens (including phenoxy) is 1. The van der Waals surface area contributed by atoms with E-state index in [1.807, 2.05) is 0 Å². The average molecular weight is 315 g/mol. The number of amides is 2. The van der Waals surface area contributed by atoms with Crippen LogP contribution in [-0.4, -0.2) is 23.8 Å². The maximum absolute atomic E-state index is 13.4. The summed E-state index contributed by atoms with van der Waals surface area (Å²) in [5.74, 6) is -1.35. The van der Waals surface area contributed by atoms with Gasteiger partial charge in [-0.25, -0.2) is 9.69 Å². The van der Waals surface area contributed by atoms with Crippen LogP contribution in [0.5, 0.6) is 0 Å². The van der Waals surface area contributed by atoms with E-state index >= 15 is 0 Å². The Morgan fingerprint density at radius 1 is 1.18 bits per heavy atom. The molecule has 1 heterocycles. The smallest absolute Gasteiger partial charge is 0.421 e. The lowest BCUT2D eigenvalue weighted by Crippen LogP contribution is -2.50. The molecule has 0 saturated carbocycles. The highest BCUT2D eigenvalue weighted by atomic mass is 19.4. The molecule has 0 N–H and O–H groups in total. The topological polar surface area (TPSA) is 46.6 Å². The number of halogens is 3. The van der Waals surface area contributed by atoms with Crippen molar-refractivity contribution >= 4 is 17.7 Å². The molecule has 7 heteroatoms. The molecule has 1 aliphatic heterocycles. The highest BCUT2D eigenvalue weighted by molar-refractivity contribution is 6.21. The lowest BCUT2D eigenvalue weighted by molar-refractivity contribution is -0.187. The van der Waals surface area contributed by atoms with Gasteiger partial charge >= 0.3 is 12.3 Å². The van der Waals surface area contributed by atoms with Gasteiger partial charge in [-0.1, -0.05) is 18.2 Å². The molecule has 2 rings (SSSR count). The maximum Gasteiger partial charge on any atom is 0.421 e. The Morgan fingerprint density at radius 2 is 1.73 bits per heavy atom. The summed E-state index contributed by atoms with van der Waals surface area (Å²) in [6.45, 7) is 5.49. The van der Waals surface area contributed by atoms with Gasteiger partial charge in [-0.15, -0.1) is 0 Å². The zero-order valence-electron chi connectivity index (χ0n) is 12.6. The van der Waals surface area contributed by atoms with Crippen LogP contribution in [0.4, 0.5) is 23.7 Å². The monoisotopic (exact) mass is 315 g/mol. The van der Waals surface area contributed by atoms with Gasteiger partial charge in [0.05, 0.1) is 5.69 Å². The average Bonchev–Trinajstić information content (AvgIpc) is 2.57. The van der Waals surface area contributed by atoms with Gasteiger partial charge in [0, 0.05) is 5.56 Å². The summed E-state index contributed by atoms with van der Waals surface area (Å²) in [7, 11) is 0. The van der Waals surface area contributed by atoms with Crippen LogP contribution in [0.2, 0.25) is 0 Å². The fourth-order valence-corrected chi connectivity index (χ4v) is 2.30. The Balaban J connectivity index is 2.56. The molecule has 2 amide bonds. The SMILES string of the molecule is CC(C)(C)OC(=O)N1C(=O)[C@](C)(C(F)(F)F)c2ccccc21. The molecule has 0 bridgehead atoms. The molecule has 1 aromatic rings. The molecular weight excluding hydrogens is 299 g/mol. The van der Waals surface area contributed by atoms with Crippen LogP contribution in [0.3, 0.4) is 0 Å². The Morgan fingerprint density at radius 3 is 2.23 bits per heavy atom. The molecule has 0 unspecified atom stereocenters. The summed E-state index contributed by atoms with van der Waals surface area (Å²) in [6, 6.07) is 5.36. The van der Waals surface area contributed by atoms with Gasteiger partial charge in [-0.05, 0) is 33.8 Å². The van der Waals surface area contributed by atoms with Crippen molar-refractivity contribution in [3.8, 4) is 0 Å². The first-order chi connectivity index (χ1) is 9.89. The highest BCUT2D eigenvalue weighted by Crippen LogP contribution is 2.51. The second kappa shape index (κ2) is 4.72. The molecule has 1 atom stereocenters. The molecule has 1 aliphatic rings. The molecule has 0 spiro atoms. The van der Waals surface area contributed by atoms with E-state index in [1.165, 1.54) is 24.3 Å². The van der Waals surface area contributed by atoms with Crippen molar-refractivity contribution in [2.45, 2.75) is 44.9 Å². The van der Waals surface area contributed by atoms with E-state index in [-0.39, 0.29) is 11.3 Å². The van der Waals surface area contributed by atoms with Crippen LogP contribution in [0.25, 0.3) is 0 Å². The van der Waals surface area contributed by atoms with Gasteiger partial charge in [-0.3, -0.25) is 4.79 Å². The van der Waals surface area contributed by atoms with Gasteiger partial charge in [0.15, 0.2) is 5.41 Å². The third-order valence-electron chi connectivity index (χ3n) is 3.46. The highest BCUT2D eigenvalue weighted by Gasteiger charge is 2.65. The number of para-hydroxylation sites is 1. The van der Waals surface area contributed by atoms with Crippen molar-refractivity contribution in [1.82, 2.24) is 0 Å². The second-order valence-electron chi connectivity index (χ2n) is 6.26. The predicted octanol–water partition coefficient (Wildman–Crippen LogP) is 3.79. The lowest BCUT2D eigenvalue weighted by Gasteiger charge is -2.27. The fraction of sp³-hybridized carbons (Fsp3) is 0.467. The van der Waals surface area contributed by atoms with Crippen molar-refractivity contribution in [3.05, 3.63) is 29.8 Å². The van der Waals surface area contributed by atoms with Gasteiger partial charge < -0.3 is 4.74 Å². The molecule has 0 fully saturated rings. The standard InChI is InChI=1S/C15H16F3NO3/c1-13(2,3)22-12(21)19-10-8-6-5-7-9(10)14(4,11(19)20)15(16,17)18/h5-8H,1-4H3/t14-/m1/s1. The Labute approximate surface area is 125 Å². The van der Waals surface area contributed by atoms with Crippen LogP contribution >= 0.6 is 0 Å². The summed E-state index contributed by atoms with van der Waals surface area (Å²) in [6.07, 6.45) is -5.94. The molecule has 0 aromatic heterocycles. The van der Waals surface area contributed by atoms with Gasteiger partial charge in [0.2, 0.25) is 0 Å². The van der Waals surface area contributed by atoms with Crippen LogP contribution in [0.15, 0.2) is 24.3 Å². The van der Waals surface area contributed by atoms with Gasteiger partial charge in [0.1, 0.15) is 5.60 Å². The quantitative estimate of drug-likeness (QED) is 0.732. The van der Waals surface area contributed by atoms with E-state index in [9.17, 15) is 22.8 Å². The van der Waals surface area contributed by atoms with Gasteiger partial charge in [-0.2, -0.15) is 13.2 Å². The number of carbonyl (C=O) groups excluding carboxylic acids is 2. The maximum atomic E-state index is 13.4. The largest absolute Gasteiger partial charge is 0.443 e. The summed E-state index contributed by atoms with van der Waals surface area (Å²) in [5.41, 5.74) is -4.04. The van der Waals surface area contributed by atoms with E-state index in [0.717, 1.165) is 6.92 Å². The lowest BCUT2D eigenvalue weighted by atomic mass is 9.83. The Kier molecular flexibility index (Phi) is 3.51. The van der Waals surface area contributed by atoms with Crippen molar-refractivity contribution < 1.29 is 27.5 Å². The van der Waals surface area contributed by atoms with E-state index in [1.54, 1.807) is 20.8 Å². The van der Waals surface area contributed by atoms with Crippen LogP contribution in [-0.2, 0) is 14.9 Å². The fourth-order valence-electron chi connectivity index (χ4n) is 2.30. The molecule has 4 nitrogen and oxygen atoms in total. The minimum absolute atomic E-state index is 0.0958. The Bertz CT molecular complexity index is 634. The molecule has 0 aliphatic carbocycles. The normalized spacial score (nSPS) is 21.8. The first-order valence-corrected chi connectivity index (χ1v) is 6.63. The number of rotatable bonds is 0. The van der Waals surface area contributed by atoms with Crippen LogP contribution < -0.4 is 4.90 Å². The first kappa shape index (κ1) is 16.3. The minimum Gasteiger partial charge on any atom is -0.443 e. The zero-order chi connectivity index (χ0) is 16.9. The third-order valence-corrected chi connectivity index (χ3v) is 3.46. The number of hydrogen-bond donors (Lipinski definition) is 0. The molecule has 0 radical (unpaired) electrons. The zero-order valence-corrected chi connectivity index (χ0v) is 12.6. The third kappa shape index (κ3) is 2.34. The first-order valence-electron chi connectivity index (χ1n) is 6.63. The van der Waals surface area contributed by atoms with E-state index in [0.29, 0.717) is 4.90 Å². The van der Waals surface area contributed by atoms with E-state index < -0.39 is 29.2 Å². The summed E-state index contributed by atoms with van der Waals surface area (Å²) in [4.78, 5) is 25.0. The van der Waals surface area contributed by atoms with Gasteiger partial charge in [0.25, 0.3) is 5.91 Å². The van der Waals surface area contributed by atoms with Crippen molar-refractivity contribution in [1.29, 1.82) is 0 Å². The number of benzene rings is 1. The minimum atomic E-state index is -4.82. The van der Waals surface area contributed by atoms with Crippen LogP contribution in [0.1, 0.15) is 33.3 Å². The predicted molar refractivity (Wildman–Crippen MR) is 73.6 cm³/mol. The Hall–Kier alpha value is -2.05. The number of anilines is 1. The van der Waals surface area contributed by atoms with E-state index in [2.05, 4.69) is 0 Å². The summed E-state index contributed by atoms with van der Waals surface area (Å²) in [5, 5.41) is 0. The molecule has 1 aromatic carbocycles. The van der Waals surface area contributed by atoms with E-state index in [4.69, 9.17) is 4.74 Å². The van der Waals surface area contributed by atoms with Crippen LogP contribution in [0, 0.1) is 0 Å². The molecule has 0 saturated heterocycles. The summed E-state index contributed by atoms with van der Waals surface area (Å²) < 4.78 is 45.4. The number of nitrogens with zero attached hydrogens (tertiary/aromatic N) is 1. The van der Waals surface area contributed by atoms with Crippen molar-refractivity contribution in [2.75, 3.05) is 4.90 Å². The summed E-state index contributed by atoms with van der Waals surface area (Å²) >= 11 is 0. The number of alkyl halides is 3. The second-order valence-corrected chi connectivity index (χ2v) is 6.26. The number of fused-ring (bicyclic) bond motifs is 1. The molecule has 120 valence electrons. The molecular formula is C15H16F3NO3. The molecule has 22 heavy (non-hydrogen) atoms. The number of hydrogen-bond acceptors (Lipinski definition) is 3. The number of carbonyl (C=O) groups is 2. The number of imide groups is 1. The van der Waals surface area contributed by atoms with Crippen molar-refractivity contribution in [3.63, 3.8) is 0 Å².